The summed E-state index contributed by atoms with van der Waals surface area (Å²) in [5.74, 6) is 0. The molecule has 1 saturated heterocycles. The number of likely N-dealkylation sites (N-methyl/N-ethyl adjacent to an activating group) is 1. The van der Waals surface area contributed by atoms with Gasteiger partial charge in [0, 0.05) is 65.7 Å². The molecular formula is C22H28N4O2. The van der Waals surface area contributed by atoms with E-state index in [1.54, 1.807) is 12.1 Å². The Morgan fingerprint density at radius 2 is 1.68 bits per heavy atom. The molecule has 0 N–H and O–H groups in total. The van der Waals surface area contributed by atoms with Crippen LogP contribution in [0.3, 0.4) is 0 Å². The third-order valence-electron chi connectivity index (χ3n) is 6.26. The van der Waals surface area contributed by atoms with Crippen molar-refractivity contribution in [1.29, 1.82) is 0 Å². The van der Waals surface area contributed by atoms with Crippen LogP contribution in [-0.4, -0.2) is 58.1 Å². The quantitative estimate of drug-likeness (QED) is 0.494. The van der Waals surface area contributed by atoms with Crippen molar-refractivity contribution in [3.63, 3.8) is 0 Å². The third kappa shape index (κ3) is 3.38. The van der Waals surface area contributed by atoms with Gasteiger partial charge in [0.1, 0.15) is 0 Å². The number of non-ortho nitro benzene ring substituents is 1. The van der Waals surface area contributed by atoms with E-state index >= 15 is 0 Å². The van der Waals surface area contributed by atoms with E-state index in [1.807, 2.05) is 18.2 Å². The van der Waals surface area contributed by atoms with Gasteiger partial charge in [-0.1, -0.05) is 18.2 Å². The molecule has 2 atom stereocenters. The normalized spacial score (nSPS) is 21.5. The van der Waals surface area contributed by atoms with Crippen LogP contribution in [0.25, 0.3) is 21.8 Å². The number of rotatable bonds is 5. The number of aromatic nitrogens is 1. The van der Waals surface area contributed by atoms with Crippen molar-refractivity contribution in [3.8, 4) is 0 Å². The standard InChI is InChI=1S/C22H28N4O2/c1-16-14-24(15-17(2)23(16)3)11-6-12-25-21-8-5-4-7-19(21)20-13-18(26(27)28)9-10-22(20)25/h4-5,7-10,13,16-17H,6,11-12,14-15H2,1-3H3/t16-,17+. The minimum absolute atomic E-state index is 0.149. The zero-order valence-corrected chi connectivity index (χ0v) is 16.8. The Morgan fingerprint density at radius 3 is 2.39 bits per heavy atom. The zero-order valence-electron chi connectivity index (χ0n) is 16.8. The molecule has 0 saturated carbocycles. The molecule has 2 heterocycles. The van der Waals surface area contributed by atoms with E-state index in [1.165, 1.54) is 0 Å². The molecule has 0 radical (unpaired) electrons. The second kappa shape index (κ2) is 7.53. The summed E-state index contributed by atoms with van der Waals surface area (Å²) in [6, 6.07) is 14.6. The molecule has 1 fully saturated rings. The van der Waals surface area contributed by atoms with Crippen LogP contribution in [0.5, 0.6) is 0 Å². The molecule has 0 bridgehead atoms. The van der Waals surface area contributed by atoms with Gasteiger partial charge in [-0.05, 0) is 46.0 Å². The molecule has 6 nitrogen and oxygen atoms in total. The number of fused-ring (bicyclic) bond motifs is 3. The van der Waals surface area contributed by atoms with E-state index in [-0.39, 0.29) is 10.6 Å². The fourth-order valence-corrected chi connectivity index (χ4v) is 4.55. The molecule has 0 spiro atoms. The van der Waals surface area contributed by atoms with Crippen LogP contribution in [0.15, 0.2) is 42.5 Å². The zero-order chi connectivity index (χ0) is 19.8. The first-order chi connectivity index (χ1) is 13.5. The van der Waals surface area contributed by atoms with Crippen LogP contribution >= 0.6 is 0 Å². The molecule has 6 heteroatoms. The predicted molar refractivity (Wildman–Crippen MR) is 114 cm³/mol. The second-order valence-electron chi connectivity index (χ2n) is 8.10. The summed E-state index contributed by atoms with van der Waals surface area (Å²) < 4.78 is 2.32. The van der Waals surface area contributed by atoms with Gasteiger partial charge < -0.3 is 9.47 Å². The van der Waals surface area contributed by atoms with Crippen molar-refractivity contribution < 1.29 is 4.92 Å². The van der Waals surface area contributed by atoms with Crippen molar-refractivity contribution in [2.45, 2.75) is 38.9 Å². The smallest absolute Gasteiger partial charge is 0.270 e. The van der Waals surface area contributed by atoms with Crippen molar-refractivity contribution >= 4 is 27.5 Å². The maximum Gasteiger partial charge on any atom is 0.270 e. The number of para-hydroxylation sites is 1. The lowest BCUT2D eigenvalue weighted by Gasteiger charge is -2.42. The lowest BCUT2D eigenvalue weighted by atomic mass is 10.1. The van der Waals surface area contributed by atoms with Gasteiger partial charge in [-0.2, -0.15) is 0 Å². The number of hydrogen-bond acceptors (Lipinski definition) is 4. The molecule has 1 aliphatic rings. The summed E-state index contributed by atoms with van der Waals surface area (Å²) in [7, 11) is 2.21. The molecule has 2 aromatic carbocycles. The third-order valence-corrected chi connectivity index (χ3v) is 6.26. The largest absolute Gasteiger partial charge is 0.340 e. The first-order valence-corrected chi connectivity index (χ1v) is 10.1. The molecular weight excluding hydrogens is 352 g/mol. The number of piperazine rings is 1. The van der Waals surface area contributed by atoms with Crippen LogP contribution in [0.4, 0.5) is 5.69 Å². The van der Waals surface area contributed by atoms with Crippen LogP contribution in [0.2, 0.25) is 0 Å². The van der Waals surface area contributed by atoms with Gasteiger partial charge in [0.15, 0.2) is 0 Å². The Kier molecular flexibility index (Phi) is 5.08. The van der Waals surface area contributed by atoms with Crippen LogP contribution in [0.1, 0.15) is 20.3 Å². The Labute approximate surface area is 165 Å². The van der Waals surface area contributed by atoms with Gasteiger partial charge in [-0.3, -0.25) is 15.0 Å². The van der Waals surface area contributed by atoms with Gasteiger partial charge in [-0.15, -0.1) is 0 Å². The molecule has 1 aliphatic heterocycles. The van der Waals surface area contributed by atoms with Crippen LogP contribution < -0.4 is 0 Å². The maximum absolute atomic E-state index is 11.2. The number of nitro benzene ring substituents is 1. The van der Waals surface area contributed by atoms with Crippen LogP contribution in [-0.2, 0) is 6.54 Å². The highest BCUT2D eigenvalue weighted by atomic mass is 16.6. The number of nitro groups is 1. The number of nitrogens with zero attached hydrogens (tertiary/aromatic N) is 4. The molecule has 0 unspecified atom stereocenters. The monoisotopic (exact) mass is 380 g/mol. The van der Waals surface area contributed by atoms with Gasteiger partial charge in [-0.25, -0.2) is 0 Å². The minimum Gasteiger partial charge on any atom is -0.340 e. The Morgan fingerprint density at radius 1 is 1.00 bits per heavy atom. The fraction of sp³-hybridized carbons (Fsp3) is 0.455. The van der Waals surface area contributed by atoms with Gasteiger partial charge >= 0.3 is 0 Å². The number of hydrogen-bond donors (Lipinski definition) is 0. The average molecular weight is 380 g/mol. The van der Waals surface area contributed by atoms with Crippen LogP contribution in [0, 0.1) is 10.1 Å². The maximum atomic E-state index is 11.2. The molecule has 1 aromatic heterocycles. The molecule has 148 valence electrons. The molecule has 0 aliphatic carbocycles. The minimum atomic E-state index is -0.318. The Balaban J connectivity index is 1.57. The highest BCUT2D eigenvalue weighted by Crippen LogP contribution is 2.31. The molecule has 4 rings (SSSR count). The van der Waals surface area contributed by atoms with E-state index in [0.29, 0.717) is 12.1 Å². The summed E-state index contributed by atoms with van der Waals surface area (Å²) in [4.78, 5) is 15.9. The Hall–Kier alpha value is -2.44. The van der Waals surface area contributed by atoms with E-state index in [4.69, 9.17) is 0 Å². The highest BCUT2D eigenvalue weighted by molar-refractivity contribution is 6.08. The average Bonchev–Trinajstić information content (AvgIpc) is 2.99. The van der Waals surface area contributed by atoms with Crippen molar-refractivity contribution in [2.75, 3.05) is 26.7 Å². The summed E-state index contributed by atoms with van der Waals surface area (Å²) in [6.45, 7) is 8.80. The van der Waals surface area contributed by atoms with E-state index in [9.17, 15) is 10.1 Å². The summed E-state index contributed by atoms with van der Waals surface area (Å²) in [5, 5.41) is 13.3. The topological polar surface area (TPSA) is 54.6 Å². The summed E-state index contributed by atoms with van der Waals surface area (Å²) in [6.07, 6.45) is 1.06. The van der Waals surface area contributed by atoms with Gasteiger partial charge in [0.25, 0.3) is 5.69 Å². The van der Waals surface area contributed by atoms with Gasteiger partial charge in [0.05, 0.1) is 4.92 Å². The highest BCUT2D eigenvalue weighted by Gasteiger charge is 2.26. The molecule has 0 amide bonds. The van der Waals surface area contributed by atoms with E-state index < -0.39 is 0 Å². The number of benzene rings is 2. The Bertz CT molecular complexity index is 1000. The first kappa shape index (κ1) is 18.9. The van der Waals surface area contributed by atoms with Crippen molar-refractivity contribution in [3.05, 3.63) is 52.6 Å². The second-order valence-corrected chi connectivity index (χ2v) is 8.10. The fourth-order valence-electron chi connectivity index (χ4n) is 4.55. The summed E-state index contributed by atoms with van der Waals surface area (Å²) >= 11 is 0. The van der Waals surface area contributed by atoms with Crippen molar-refractivity contribution in [2.24, 2.45) is 0 Å². The van der Waals surface area contributed by atoms with Crippen molar-refractivity contribution in [1.82, 2.24) is 14.4 Å². The lowest BCUT2D eigenvalue weighted by Crippen LogP contribution is -2.55. The summed E-state index contributed by atoms with van der Waals surface area (Å²) in [5.41, 5.74) is 2.38. The van der Waals surface area contributed by atoms with Gasteiger partial charge in [0.2, 0.25) is 0 Å². The molecule has 28 heavy (non-hydrogen) atoms. The molecule has 3 aromatic rings. The number of aryl methyl sites for hydroxylation is 1. The SMILES string of the molecule is C[C@@H]1CN(CCCn2c3ccccc3c3cc([N+](=O)[O-])ccc32)C[C@H](C)N1C. The first-order valence-electron chi connectivity index (χ1n) is 10.1. The lowest BCUT2D eigenvalue weighted by molar-refractivity contribution is -0.384. The van der Waals surface area contributed by atoms with E-state index in [2.05, 4.69) is 47.4 Å². The predicted octanol–water partition coefficient (Wildman–Crippen LogP) is 4.12. The van der Waals surface area contributed by atoms with E-state index in [0.717, 1.165) is 54.4 Å².